The molecule has 0 unspecified atom stereocenters. The number of nitrogens with zero attached hydrogens (tertiary/aromatic N) is 3. The fraction of sp³-hybridized carbons (Fsp3) is 0.368. The fourth-order valence-electron chi connectivity index (χ4n) is 4.05. The zero-order chi connectivity index (χ0) is 17.4. The summed E-state index contributed by atoms with van der Waals surface area (Å²) in [5.41, 5.74) is 12.8. The molecule has 1 spiro atoms. The van der Waals surface area contributed by atoms with Crippen molar-refractivity contribution in [1.29, 1.82) is 0 Å². The molecule has 2 aromatic rings. The van der Waals surface area contributed by atoms with Gasteiger partial charge in [0.15, 0.2) is 0 Å². The Morgan fingerprint density at radius 1 is 1.08 bits per heavy atom. The summed E-state index contributed by atoms with van der Waals surface area (Å²) in [6, 6.07) is 12.3. The molecule has 1 aliphatic carbocycles. The Balaban J connectivity index is 1.89. The van der Waals surface area contributed by atoms with Crippen LogP contribution >= 0.6 is 0 Å². The number of anilines is 1. The maximum absolute atomic E-state index is 6.32. The Bertz CT molecular complexity index is 867. The van der Waals surface area contributed by atoms with Gasteiger partial charge in [-0.1, -0.05) is 30.7 Å². The summed E-state index contributed by atoms with van der Waals surface area (Å²) in [4.78, 5) is 11.0. The van der Waals surface area contributed by atoms with Crippen molar-refractivity contribution in [2.75, 3.05) is 12.0 Å². The number of benzene rings is 2. The molecule has 6 heteroatoms. The Kier molecular flexibility index (Phi) is 3.75. The molecule has 6 nitrogen and oxygen atoms in total. The Labute approximate surface area is 147 Å². The second-order valence-corrected chi connectivity index (χ2v) is 6.69. The van der Waals surface area contributed by atoms with Crippen molar-refractivity contribution >= 4 is 28.4 Å². The van der Waals surface area contributed by atoms with Gasteiger partial charge < -0.3 is 16.2 Å². The highest BCUT2D eigenvalue weighted by Crippen LogP contribution is 2.41. The highest BCUT2D eigenvalue weighted by Gasteiger charge is 2.42. The summed E-state index contributed by atoms with van der Waals surface area (Å²) in [5, 5.41) is 2.17. The maximum Gasteiger partial charge on any atom is 0.220 e. The average molecular weight is 337 g/mol. The lowest BCUT2D eigenvalue weighted by molar-refractivity contribution is 0.305. The monoisotopic (exact) mass is 337 g/mol. The minimum Gasteiger partial charge on any atom is -0.496 e. The van der Waals surface area contributed by atoms with Gasteiger partial charge in [0.05, 0.1) is 12.8 Å². The van der Waals surface area contributed by atoms with Crippen LogP contribution in [0.25, 0.3) is 10.8 Å². The van der Waals surface area contributed by atoms with E-state index in [4.69, 9.17) is 21.2 Å². The molecule has 1 fully saturated rings. The van der Waals surface area contributed by atoms with Crippen molar-refractivity contribution in [2.45, 2.75) is 37.8 Å². The standard InChI is InChI=1S/C19H23N5O/c1-25-16-12-14(11-13-7-3-4-8-15(13)16)24-18(21)22-17(20)23-19(24)9-5-2-6-10-19/h3-4,7-8,11-12H,2,5-6,9-10H2,1H3,(H4,20,21,22,23). The van der Waals surface area contributed by atoms with Gasteiger partial charge in [-0.25, -0.2) is 4.99 Å². The van der Waals surface area contributed by atoms with Crippen LogP contribution in [0.1, 0.15) is 32.1 Å². The van der Waals surface area contributed by atoms with E-state index < -0.39 is 5.66 Å². The van der Waals surface area contributed by atoms with Crippen molar-refractivity contribution in [3.05, 3.63) is 36.4 Å². The molecule has 4 rings (SSSR count). The first kappa shape index (κ1) is 15.7. The van der Waals surface area contributed by atoms with Crippen LogP contribution in [-0.4, -0.2) is 24.7 Å². The van der Waals surface area contributed by atoms with Gasteiger partial charge in [0.1, 0.15) is 11.4 Å². The van der Waals surface area contributed by atoms with Crippen LogP contribution in [0.2, 0.25) is 0 Å². The number of methoxy groups -OCH3 is 1. The predicted octanol–water partition coefficient (Wildman–Crippen LogP) is 2.96. The normalized spacial score (nSPS) is 19.6. The third-order valence-corrected chi connectivity index (χ3v) is 5.14. The second kappa shape index (κ2) is 5.95. The molecular formula is C19H23N5O. The van der Waals surface area contributed by atoms with Gasteiger partial charge >= 0.3 is 0 Å². The maximum atomic E-state index is 6.32. The Hall–Kier alpha value is -2.76. The first-order valence-electron chi connectivity index (χ1n) is 8.69. The lowest BCUT2D eigenvalue weighted by Crippen LogP contribution is -2.58. The number of hydrogen-bond donors (Lipinski definition) is 2. The molecule has 0 radical (unpaired) electrons. The smallest absolute Gasteiger partial charge is 0.220 e. The number of ether oxygens (including phenoxy) is 1. The van der Waals surface area contributed by atoms with E-state index in [-0.39, 0.29) is 5.96 Å². The number of fused-ring (bicyclic) bond motifs is 1. The van der Waals surface area contributed by atoms with Gasteiger partial charge in [-0.2, -0.15) is 4.99 Å². The van der Waals surface area contributed by atoms with E-state index >= 15 is 0 Å². The van der Waals surface area contributed by atoms with Crippen LogP contribution < -0.4 is 21.1 Å². The molecular weight excluding hydrogens is 314 g/mol. The molecule has 2 aromatic carbocycles. The first-order chi connectivity index (χ1) is 12.1. The van der Waals surface area contributed by atoms with Gasteiger partial charge in [0.25, 0.3) is 0 Å². The molecule has 4 N–H and O–H groups in total. The van der Waals surface area contributed by atoms with E-state index in [2.05, 4.69) is 23.2 Å². The van der Waals surface area contributed by atoms with Crippen molar-refractivity contribution in [2.24, 2.45) is 21.5 Å². The van der Waals surface area contributed by atoms with E-state index in [0.29, 0.717) is 5.96 Å². The molecule has 0 saturated heterocycles. The summed E-state index contributed by atoms with van der Waals surface area (Å²) >= 11 is 0. The van der Waals surface area contributed by atoms with Crippen LogP contribution in [0, 0.1) is 0 Å². The van der Waals surface area contributed by atoms with Crippen LogP contribution in [0.4, 0.5) is 5.69 Å². The van der Waals surface area contributed by atoms with Gasteiger partial charge in [-0.05, 0) is 37.1 Å². The first-order valence-corrected chi connectivity index (χ1v) is 8.69. The molecule has 0 atom stereocenters. The third kappa shape index (κ3) is 2.58. The highest BCUT2D eigenvalue weighted by atomic mass is 16.5. The molecule has 2 aliphatic rings. The molecule has 1 saturated carbocycles. The quantitative estimate of drug-likeness (QED) is 0.881. The molecule has 0 aromatic heterocycles. The average Bonchev–Trinajstić information content (AvgIpc) is 2.61. The SMILES string of the molecule is COc1cc(N2C(N)=NC(N)=NC23CCCCC3)cc2ccccc12. The van der Waals surface area contributed by atoms with E-state index in [9.17, 15) is 0 Å². The number of guanidine groups is 2. The van der Waals surface area contributed by atoms with Crippen LogP contribution in [0.15, 0.2) is 46.4 Å². The number of rotatable bonds is 2. The molecule has 130 valence electrons. The van der Waals surface area contributed by atoms with Crippen molar-refractivity contribution in [3.63, 3.8) is 0 Å². The summed E-state index contributed by atoms with van der Waals surface area (Å²) in [5.74, 6) is 1.48. The molecule has 0 amide bonds. The lowest BCUT2D eigenvalue weighted by atomic mass is 9.87. The zero-order valence-corrected chi connectivity index (χ0v) is 14.4. The Morgan fingerprint density at radius 2 is 1.84 bits per heavy atom. The minimum atomic E-state index is -0.443. The summed E-state index contributed by atoms with van der Waals surface area (Å²) in [6.07, 6.45) is 5.25. The van der Waals surface area contributed by atoms with Gasteiger partial charge in [-0.3, -0.25) is 4.90 Å². The van der Waals surface area contributed by atoms with Crippen molar-refractivity contribution in [1.82, 2.24) is 0 Å². The molecule has 1 heterocycles. The number of nitrogens with two attached hydrogens (primary N) is 2. The number of hydrogen-bond acceptors (Lipinski definition) is 6. The minimum absolute atomic E-state index is 0.267. The van der Waals surface area contributed by atoms with Gasteiger partial charge in [-0.15, -0.1) is 0 Å². The highest BCUT2D eigenvalue weighted by molar-refractivity contribution is 6.07. The van der Waals surface area contributed by atoms with E-state index in [1.807, 2.05) is 23.1 Å². The fourth-order valence-corrected chi connectivity index (χ4v) is 4.05. The van der Waals surface area contributed by atoms with E-state index in [1.54, 1.807) is 7.11 Å². The predicted molar refractivity (Wildman–Crippen MR) is 102 cm³/mol. The Morgan fingerprint density at radius 3 is 2.60 bits per heavy atom. The van der Waals surface area contributed by atoms with E-state index in [1.165, 1.54) is 6.42 Å². The van der Waals surface area contributed by atoms with Crippen LogP contribution in [0.5, 0.6) is 5.75 Å². The summed E-state index contributed by atoms with van der Waals surface area (Å²) in [7, 11) is 1.69. The third-order valence-electron chi connectivity index (χ3n) is 5.14. The lowest BCUT2D eigenvalue weighted by Gasteiger charge is -2.45. The van der Waals surface area contributed by atoms with E-state index in [0.717, 1.165) is 47.9 Å². The molecule has 0 bridgehead atoms. The van der Waals surface area contributed by atoms with Gasteiger partial charge in [0.2, 0.25) is 11.9 Å². The second-order valence-electron chi connectivity index (χ2n) is 6.69. The molecule has 25 heavy (non-hydrogen) atoms. The van der Waals surface area contributed by atoms with Crippen molar-refractivity contribution in [3.8, 4) is 5.75 Å². The molecule has 1 aliphatic heterocycles. The largest absolute Gasteiger partial charge is 0.496 e. The van der Waals surface area contributed by atoms with Gasteiger partial charge in [0, 0.05) is 11.5 Å². The van der Waals surface area contributed by atoms with Crippen LogP contribution in [-0.2, 0) is 0 Å². The van der Waals surface area contributed by atoms with Crippen molar-refractivity contribution < 1.29 is 4.74 Å². The summed E-state index contributed by atoms with van der Waals surface area (Å²) in [6.45, 7) is 0. The van der Waals surface area contributed by atoms with Crippen LogP contribution in [0.3, 0.4) is 0 Å². The topological polar surface area (TPSA) is 89.2 Å². The zero-order valence-electron chi connectivity index (χ0n) is 14.4. The number of aliphatic imine (C=N–C) groups is 2. The summed E-state index contributed by atoms with van der Waals surface area (Å²) < 4.78 is 5.62.